The van der Waals surface area contributed by atoms with E-state index < -0.39 is 0 Å². The topological polar surface area (TPSA) is 61.8 Å². The predicted octanol–water partition coefficient (Wildman–Crippen LogP) is 5.07. The first-order valence-electron chi connectivity index (χ1n) is 10.4. The van der Waals surface area contributed by atoms with E-state index in [2.05, 4.69) is 31.6 Å². The summed E-state index contributed by atoms with van der Waals surface area (Å²) in [4.78, 5) is 21.4. The number of H-pyrrole nitrogens is 2. The quantitative estimate of drug-likeness (QED) is 0.425. The third-order valence-electron chi connectivity index (χ3n) is 6.06. The van der Waals surface area contributed by atoms with Gasteiger partial charge >= 0.3 is 5.69 Å². The zero-order chi connectivity index (χ0) is 20.7. The maximum absolute atomic E-state index is 12.8. The minimum atomic E-state index is -0.0667. The average molecular weight is 442 g/mol. The van der Waals surface area contributed by atoms with Crippen LogP contribution in [0.1, 0.15) is 31.8 Å². The highest BCUT2D eigenvalue weighted by Gasteiger charge is 2.26. The number of piperidine rings is 1. The maximum atomic E-state index is 12.8. The van der Waals surface area contributed by atoms with Crippen molar-refractivity contribution in [3.05, 3.63) is 62.7 Å². The molecule has 2 aromatic carbocycles. The van der Waals surface area contributed by atoms with Gasteiger partial charge in [0.15, 0.2) is 4.77 Å². The van der Waals surface area contributed by atoms with E-state index in [0.29, 0.717) is 5.02 Å². The standard InChI is InChI=1S/C22H24ClN5OS/c23-15-9-10-19-17(14-15)24-21(29)28(19)20-8-3-4-11-26(20)12-5-13-27-18-7-2-1-6-16(18)25-22(27)30/h1-2,6-7,9-10,14,20H,3-5,8,11-13H2,(H,24,29)(H,25,30). The van der Waals surface area contributed by atoms with Gasteiger partial charge in [-0.05, 0) is 68.2 Å². The van der Waals surface area contributed by atoms with Crippen LogP contribution in [0.15, 0.2) is 47.3 Å². The molecule has 1 saturated heterocycles. The maximum Gasteiger partial charge on any atom is 0.327 e. The Labute approximate surface area is 184 Å². The molecule has 2 N–H and O–H groups in total. The lowest BCUT2D eigenvalue weighted by Gasteiger charge is -2.36. The lowest BCUT2D eigenvalue weighted by atomic mass is 10.1. The van der Waals surface area contributed by atoms with Gasteiger partial charge in [-0.3, -0.25) is 9.47 Å². The molecule has 1 unspecified atom stereocenters. The number of rotatable bonds is 5. The van der Waals surface area contributed by atoms with Crippen molar-refractivity contribution in [1.82, 2.24) is 24.0 Å². The van der Waals surface area contributed by atoms with Crippen molar-refractivity contribution in [3.63, 3.8) is 0 Å². The summed E-state index contributed by atoms with van der Waals surface area (Å²) in [5, 5.41) is 0.631. The van der Waals surface area contributed by atoms with Crippen LogP contribution in [0.3, 0.4) is 0 Å². The Balaban J connectivity index is 1.37. The summed E-state index contributed by atoms with van der Waals surface area (Å²) in [7, 11) is 0. The fraction of sp³-hybridized carbons (Fsp3) is 0.364. The van der Waals surface area contributed by atoms with Crippen molar-refractivity contribution in [2.45, 2.75) is 38.4 Å². The summed E-state index contributed by atoms with van der Waals surface area (Å²) >= 11 is 11.6. The van der Waals surface area contributed by atoms with Gasteiger partial charge in [0.2, 0.25) is 0 Å². The van der Waals surface area contributed by atoms with Crippen LogP contribution in [0.5, 0.6) is 0 Å². The molecule has 1 aliphatic heterocycles. The largest absolute Gasteiger partial charge is 0.331 e. The smallest absolute Gasteiger partial charge is 0.327 e. The molecule has 0 aliphatic carbocycles. The Morgan fingerprint density at radius 3 is 2.80 bits per heavy atom. The molecule has 1 fully saturated rings. The fourth-order valence-electron chi connectivity index (χ4n) is 4.69. The molecule has 2 aromatic heterocycles. The number of aromatic amines is 2. The first-order valence-corrected chi connectivity index (χ1v) is 11.2. The second-order valence-corrected chi connectivity index (χ2v) is 8.75. The van der Waals surface area contributed by atoms with E-state index in [-0.39, 0.29) is 11.9 Å². The number of benzene rings is 2. The van der Waals surface area contributed by atoms with Crippen molar-refractivity contribution in [3.8, 4) is 0 Å². The van der Waals surface area contributed by atoms with Crippen molar-refractivity contribution in [2.24, 2.45) is 0 Å². The Hall–Kier alpha value is -2.35. The molecule has 5 rings (SSSR count). The van der Waals surface area contributed by atoms with Gasteiger partial charge in [-0.15, -0.1) is 0 Å². The van der Waals surface area contributed by atoms with E-state index in [4.69, 9.17) is 23.8 Å². The van der Waals surface area contributed by atoms with Crippen molar-refractivity contribution >= 4 is 45.9 Å². The van der Waals surface area contributed by atoms with Crippen LogP contribution in [0.4, 0.5) is 0 Å². The number of hydrogen-bond acceptors (Lipinski definition) is 3. The van der Waals surface area contributed by atoms with Crippen LogP contribution in [-0.4, -0.2) is 37.1 Å². The van der Waals surface area contributed by atoms with E-state index in [1.807, 2.05) is 34.9 Å². The highest BCUT2D eigenvalue weighted by Crippen LogP contribution is 2.29. The van der Waals surface area contributed by atoms with Gasteiger partial charge in [-0.1, -0.05) is 23.7 Å². The molecule has 0 radical (unpaired) electrons. The lowest BCUT2D eigenvalue weighted by Crippen LogP contribution is -2.41. The van der Waals surface area contributed by atoms with Crippen molar-refractivity contribution in [1.29, 1.82) is 0 Å². The molecule has 0 spiro atoms. The molecule has 0 bridgehead atoms. The number of para-hydroxylation sites is 2. The van der Waals surface area contributed by atoms with Crippen LogP contribution in [-0.2, 0) is 6.54 Å². The number of nitrogens with zero attached hydrogens (tertiary/aromatic N) is 3. The van der Waals surface area contributed by atoms with Gasteiger partial charge in [-0.25, -0.2) is 4.79 Å². The van der Waals surface area contributed by atoms with E-state index in [9.17, 15) is 4.79 Å². The molecule has 156 valence electrons. The molecular weight excluding hydrogens is 418 g/mol. The number of fused-ring (bicyclic) bond motifs is 2. The fourth-order valence-corrected chi connectivity index (χ4v) is 5.16. The number of halogens is 1. The summed E-state index contributed by atoms with van der Waals surface area (Å²) in [5.74, 6) is 0. The van der Waals surface area contributed by atoms with Gasteiger partial charge in [0.05, 0.1) is 28.2 Å². The normalized spacial score (nSPS) is 17.8. The minimum Gasteiger partial charge on any atom is -0.331 e. The van der Waals surface area contributed by atoms with Crippen molar-refractivity contribution in [2.75, 3.05) is 13.1 Å². The van der Waals surface area contributed by atoms with Gasteiger partial charge < -0.3 is 14.5 Å². The highest BCUT2D eigenvalue weighted by atomic mass is 35.5. The molecule has 1 aliphatic rings. The number of nitrogens with one attached hydrogen (secondary N) is 2. The van der Waals surface area contributed by atoms with Crippen LogP contribution >= 0.6 is 23.8 Å². The molecule has 8 heteroatoms. The number of imidazole rings is 2. The monoisotopic (exact) mass is 441 g/mol. The van der Waals surface area contributed by atoms with Gasteiger partial charge in [0.1, 0.15) is 0 Å². The van der Waals surface area contributed by atoms with Gasteiger partial charge in [0, 0.05) is 24.7 Å². The molecule has 30 heavy (non-hydrogen) atoms. The lowest BCUT2D eigenvalue weighted by molar-refractivity contribution is 0.0933. The van der Waals surface area contributed by atoms with E-state index in [1.165, 1.54) is 0 Å². The van der Waals surface area contributed by atoms with Crippen LogP contribution < -0.4 is 5.69 Å². The third-order valence-corrected chi connectivity index (χ3v) is 6.62. The van der Waals surface area contributed by atoms with E-state index >= 15 is 0 Å². The number of aromatic nitrogens is 4. The number of likely N-dealkylation sites (tertiary alicyclic amines) is 1. The Morgan fingerprint density at radius 2 is 1.90 bits per heavy atom. The number of aryl methyl sites for hydroxylation is 1. The SMILES string of the molecule is O=c1[nH]c2cc(Cl)ccc2n1C1CCCCN1CCCn1c(=S)[nH]c2ccccc21. The zero-order valence-corrected chi connectivity index (χ0v) is 18.2. The first-order chi connectivity index (χ1) is 14.6. The minimum absolute atomic E-state index is 0.0667. The molecule has 3 heterocycles. The first kappa shape index (κ1) is 19.6. The molecule has 4 aromatic rings. The summed E-state index contributed by atoms with van der Waals surface area (Å²) in [5.41, 5.74) is 3.86. The molecule has 0 amide bonds. The van der Waals surface area contributed by atoms with Crippen LogP contribution in [0.25, 0.3) is 22.1 Å². The Bertz CT molecular complexity index is 1320. The molecule has 6 nitrogen and oxygen atoms in total. The predicted molar refractivity (Wildman–Crippen MR) is 124 cm³/mol. The zero-order valence-electron chi connectivity index (χ0n) is 16.6. The average Bonchev–Trinajstić information content (AvgIpc) is 3.23. The second kappa shape index (κ2) is 8.06. The second-order valence-electron chi connectivity index (χ2n) is 7.93. The Kier molecular flexibility index (Phi) is 5.26. The summed E-state index contributed by atoms with van der Waals surface area (Å²) in [6.07, 6.45) is 4.29. The van der Waals surface area contributed by atoms with Gasteiger partial charge in [0.25, 0.3) is 0 Å². The van der Waals surface area contributed by atoms with Crippen LogP contribution in [0, 0.1) is 4.77 Å². The summed E-state index contributed by atoms with van der Waals surface area (Å²) < 4.78 is 4.84. The molecule has 1 atom stereocenters. The van der Waals surface area contributed by atoms with E-state index in [1.54, 1.807) is 0 Å². The number of hydrogen-bond donors (Lipinski definition) is 2. The highest BCUT2D eigenvalue weighted by molar-refractivity contribution is 7.71. The third kappa shape index (κ3) is 3.51. The molecule has 0 saturated carbocycles. The Morgan fingerprint density at radius 1 is 1.03 bits per heavy atom. The summed E-state index contributed by atoms with van der Waals surface area (Å²) in [6, 6.07) is 13.8. The summed E-state index contributed by atoms with van der Waals surface area (Å²) in [6.45, 7) is 2.76. The van der Waals surface area contributed by atoms with Crippen LogP contribution in [0.2, 0.25) is 5.02 Å². The van der Waals surface area contributed by atoms with Crippen molar-refractivity contribution < 1.29 is 0 Å². The van der Waals surface area contributed by atoms with E-state index in [0.717, 1.165) is 72.2 Å². The van der Waals surface area contributed by atoms with Gasteiger partial charge in [-0.2, -0.15) is 0 Å². The molecular formula is C22H24ClN5OS.